The molecule has 13 heteroatoms. The van der Waals surface area contributed by atoms with E-state index in [1.807, 2.05) is 39.0 Å². The number of carbonyl (C=O) groups excluding carboxylic acids is 4. The molecule has 1 aliphatic heterocycles. The highest BCUT2D eigenvalue weighted by Gasteiger charge is 2.58. The number of aliphatic carboxylic acids is 1. The van der Waals surface area contributed by atoms with E-state index in [0.717, 1.165) is 10.5 Å². The van der Waals surface area contributed by atoms with E-state index in [-0.39, 0.29) is 31.1 Å². The van der Waals surface area contributed by atoms with Crippen LogP contribution in [0.25, 0.3) is 0 Å². The van der Waals surface area contributed by atoms with Gasteiger partial charge in [-0.1, -0.05) is 68.4 Å². The van der Waals surface area contributed by atoms with Crippen LogP contribution in [-0.4, -0.2) is 62.7 Å². The van der Waals surface area contributed by atoms with Crippen molar-refractivity contribution in [1.29, 1.82) is 5.41 Å². The number of carboxylic acid groups (broad SMARTS) is 1. The largest absolute Gasteiger partial charge is 0.481 e. The average Bonchev–Trinajstić information content (AvgIpc) is 3.22. The van der Waals surface area contributed by atoms with Gasteiger partial charge in [0, 0.05) is 29.5 Å². The Morgan fingerprint density at radius 2 is 1.57 bits per heavy atom. The number of nitrogens with zero attached hydrogens (tertiary/aromatic N) is 2. The van der Waals surface area contributed by atoms with Gasteiger partial charge in [0.15, 0.2) is 0 Å². The maximum Gasteiger partial charge on any atom is 0.329 e. The molecule has 0 bridgehead atoms. The van der Waals surface area contributed by atoms with Crippen molar-refractivity contribution >= 4 is 47.1 Å². The molecule has 6 amide bonds. The number of imide groups is 1. The van der Waals surface area contributed by atoms with Crippen LogP contribution in [0.2, 0.25) is 0 Å². The molecule has 0 unspecified atom stereocenters. The zero-order chi connectivity index (χ0) is 36.0. The highest BCUT2D eigenvalue weighted by molar-refractivity contribution is 6.10. The number of aryl methyl sites for hydroxylation is 1. The molecule has 0 spiro atoms. The molecule has 3 atom stereocenters. The lowest BCUT2D eigenvalue weighted by Gasteiger charge is -2.32. The summed E-state index contributed by atoms with van der Waals surface area (Å²) in [5.41, 5.74) is 7.74. The fourth-order valence-corrected chi connectivity index (χ4v) is 5.81. The monoisotopic (exact) mass is 669 g/mol. The number of urea groups is 2. The van der Waals surface area contributed by atoms with E-state index >= 15 is 0 Å². The van der Waals surface area contributed by atoms with Crippen LogP contribution in [0, 0.1) is 18.3 Å². The maximum atomic E-state index is 14.5. The highest BCUT2D eigenvalue weighted by Crippen LogP contribution is 2.40. The van der Waals surface area contributed by atoms with Crippen molar-refractivity contribution in [3.63, 3.8) is 0 Å². The lowest BCUT2D eigenvalue weighted by molar-refractivity contribution is -0.141. The molecule has 0 saturated carbocycles. The number of carbonyl (C=O) groups is 5. The van der Waals surface area contributed by atoms with Gasteiger partial charge in [0.2, 0.25) is 5.91 Å². The molecule has 3 aromatic carbocycles. The fraction of sp³-hybridized carbons (Fsp3) is 0.333. The molecule has 1 aliphatic rings. The Hall–Kier alpha value is -5.72. The number of nitrogen functional groups attached to an aromatic ring is 1. The van der Waals surface area contributed by atoms with Gasteiger partial charge < -0.3 is 31.7 Å². The molecule has 1 saturated heterocycles. The van der Waals surface area contributed by atoms with Gasteiger partial charge in [-0.25, -0.2) is 14.5 Å². The molecular weight excluding hydrogens is 626 g/mol. The van der Waals surface area contributed by atoms with Crippen LogP contribution >= 0.6 is 0 Å². The van der Waals surface area contributed by atoms with E-state index in [1.54, 1.807) is 68.4 Å². The molecule has 0 aromatic heterocycles. The van der Waals surface area contributed by atoms with E-state index in [2.05, 4.69) is 16.0 Å². The summed E-state index contributed by atoms with van der Waals surface area (Å²) in [6.45, 7) is 8.75. The van der Waals surface area contributed by atoms with E-state index < -0.39 is 47.5 Å². The molecule has 1 heterocycles. The third-order valence-electron chi connectivity index (χ3n) is 8.49. The predicted octanol–water partition coefficient (Wildman–Crippen LogP) is 5.00. The Balaban J connectivity index is 1.65. The first-order valence-electron chi connectivity index (χ1n) is 16.0. The van der Waals surface area contributed by atoms with Gasteiger partial charge in [-0.15, -0.1) is 0 Å². The van der Waals surface area contributed by atoms with E-state index in [9.17, 15) is 29.1 Å². The average molecular weight is 670 g/mol. The quantitative estimate of drug-likeness (QED) is 0.0836. The Bertz CT molecular complexity index is 1740. The van der Waals surface area contributed by atoms with Crippen molar-refractivity contribution in [2.24, 2.45) is 11.7 Å². The first kappa shape index (κ1) is 36.1. The van der Waals surface area contributed by atoms with E-state index in [1.165, 1.54) is 4.90 Å². The minimum atomic E-state index is -1.56. The summed E-state index contributed by atoms with van der Waals surface area (Å²) in [5, 5.41) is 25.2. The van der Waals surface area contributed by atoms with Crippen LogP contribution in [0.1, 0.15) is 62.8 Å². The van der Waals surface area contributed by atoms with Crippen LogP contribution in [0.5, 0.6) is 0 Å². The Morgan fingerprint density at radius 1 is 0.939 bits per heavy atom. The summed E-state index contributed by atoms with van der Waals surface area (Å²) < 4.78 is 0. The minimum Gasteiger partial charge on any atom is -0.481 e. The molecular formula is C36H43N7O6. The highest BCUT2D eigenvalue weighted by atomic mass is 16.4. The Labute approximate surface area is 285 Å². The van der Waals surface area contributed by atoms with E-state index in [4.69, 9.17) is 11.1 Å². The normalized spacial score (nSPS) is 17.1. The molecule has 258 valence electrons. The molecule has 49 heavy (non-hydrogen) atoms. The Kier molecular flexibility index (Phi) is 11.1. The summed E-state index contributed by atoms with van der Waals surface area (Å²) in [6.07, 6.45) is -0.173. The summed E-state index contributed by atoms with van der Waals surface area (Å²) >= 11 is 0. The molecule has 0 radical (unpaired) electrons. The van der Waals surface area contributed by atoms with Crippen LogP contribution in [0.3, 0.4) is 0 Å². The number of rotatable bonds is 13. The topological polar surface area (TPSA) is 198 Å². The number of hydrogen-bond donors (Lipinski definition) is 6. The Morgan fingerprint density at radius 3 is 2.14 bits per heavy atom. The summed E-state index contributed by atoms with van der Waals surface area (Å²) in [7, 11) is 0. The van der Waals surface area contributed by atoms with Gasteiger partial charge in [-0.05, 0) is 68.0 Å². The second-order valence-corrected chi connectivity index (χ2v) is 12.9. The van der Waals surface area contributed by atoms with Crippen molar-refractivity contribution in [2.45, 2.75) is 71.6 Å². The molecule has 1 fully saturated rings. The van der Waals surface area contributed by atoms with Crippen LogP contribution in [0.15, 0.2) is 72.8 Å². The predicted molar refractivity (Wildman–Crippen MR) is 186 cm³/mol. The SMILES string of the molecule is Cc1ccccc1NC(=O)Nc1ccc(CN2C(=O)N([C@@H](CC(C)C)C(=O)N[C@H](C)CC(=O)O)C(=O)[C@]2(C)c2ccc(C(=N)N)cc2)cc1. The summed E-state index contributed by atoms with van der Waals surface area (Å²) in [5.74, 6) is -2.59. The smallest absolute Gasteiger partial charge is 0.329 e. The zero-order valence-corrected chi connectivity index (χ0v) is 28.2. The number of amides is 6. The van der Waals surface area contributed by atoms with Crippen molar-refractivity contribution in [1.82, 2.24) is 15.1 Å². The fourth-order valence-electron chi connectivity index (χ4n) is 5.81. The number of benzene rings is 3. The summed E-state index contributed by atoms with van der Waals surface area (Å²) in [4.78, 5) is 68.7. The second-order valence-electron chi connectivity index (χ2n) is 12.9. The third-order valence-corrected chi connectivity index (χ3v) is 8.49. The van der Waals surface area contributed by atoms with Crippen molar-refractivity contribution in [3.8, 4) is 0 Å². The maximum absolute atomic E-state index is 14.5. The molecule has 0 aliphatic carbocycles. The number of anilines is 2. The summed E-state index contributed by atoms with van der Waals surface area (Å²) in [6, 6.07) is 17.6. The standard InChI is InChI=1S/C36H43N7O6/c1-21(2)18-29(32(46)39-23(4)19-30(44)45)43-33(47)36(5,26-14-12-25(13-15-26)31(37)38)42(35(43)49)20-24-10-16-27(17-11-24)40-34(48)41-28-9-7-6-8-22(28)3/h6-17,21,23,29H,18-20H2,1-5H3,(H3,37,38)(H,39,46)(H,44,45)(H2,40,41,48)/t23-,29+,36+/m1/s1. The molecule has 4 rings (SSSR count). The van der Waals surface area contributed by atoms with Crippen LogP contribution < -0.4 is 21.7 Å². The van der Waals surface area contributed by atoms with Crippen LogP contribution in [-0.2, 0) is 26.5 Å². The number of hydrogen-bond acceptors (Lipinski definition) is 6. The molecule has 13 nitrogen and oxygen atoms in total. The second kappa shape index (κ2) is 15.0. The van der Waals surface area contributed by atoms with Gasteiger partial charge in [0.05, 0.1) is 6.42 Å². The minimum absolute atomic E-state index is 0.0207. The number of para-hydroxylation sites is 1. The number of nitrogens with one attached hydrogen (secondary N) is 4. The zero-order valence-electron chi connectivity index (χ0n) is 28.2. The van der Waals surface area contributed by atoms with Gasteiger partial charge in [0.25, 0.3) is 5.91 Å². The number of carboxylic acids is 1. The van der Waals surface area contributed by atoms with Gasteiger partial charge in [-0.3, -0.25) is 19.8 Å². The first-order chi connectivity index (χ1) is 23.1. The first-order valence-corrected chi connectivity index (χ1v) is 16.0. The number of amidine groups is 1. The van der Waals surface area contributed by atoms with Crippen molar-refractivity contribution in [3.05, 3.63) is 95.1 Å². The lowest BCUT2D eigenvalue weighted by atomic mass is 9.88. The van der Waals surface area contributed by atoms with Crippen molar-refractivity contribution < 1.29 is 29.1 Å². The van der Waals surface area contributed by atoms with Gasteiger partial charge in [-0.2, -0.15) is 0 Å². The molecule has 7 N–H and O–H groups in total. The van der Waals surface area contributed by atoms with Crippen molar-refractivity contribution in [2.75, 3.05) is 10.6 Å². The lowest BCUT2D eigenvalue weighted by Crippen LogP contribution is -2.53. The van der Waals surface area contributed by atoms with Crippen LogP contribution in [0.4, 0.5) is 21.0 Å². The number of nitrogens with two attached hydrogens (primary N) is 1. The van der Waals surface area contributed by atoms with Gasteiger partial charge in [0.1, 0.15) is 17.4 Å². The van der Waals surface area contributed by atoms with E-state index in [0.29, 0.717) is 28.1 Å². The molecule has 3 aromatic rings. The third kappa shape index (κ3) is 8.23. The van der Waals surface area contributed by atoms with Gasteiger partial charge >= 0.3 is 18.0 Å².